The fourth-order valence-electron chi connectivity index (χ4n) is 2.72. The van der Waals surface area contributed by atoms with Gasteiger partial charge in [-0.15, -0.1) is 0 Å². The summed E-state index contributed by atoms with van der Waals surface area (Å²) in [7, 11) is 1.65. The molecule has 27 heavy (non-hydrogen) atoms. The molecular weight excluding hydrogens is 340 g/mol. The Morgan fingerprint density at radius 2 is 1.74 bits per heavy atom. The highest BCUT2D eigenvalue weighted by molar-refractivity contribution is 5.73. The number of carbonyl (C=O) groups excluding carboxylic acids is 1. The van der Waals surface area contributed by atoms with E-state index in [1.165, 1.54) is 0 Å². The van der Waals surface area contributed by atoms with E-state index in [0.29, 0.717) is 19.6 Å². The molecule has 2 amide bonds. The summed E-state index contributed by atoms with van der Waals surface area (Å²) in [6.45, 7) is 1.72. The van der Waals surface area contributed by atoms with Crippen molar-refractivity contribution in [3.05, 3.63) is 72.6 Å². The molecule has 0 aliphatic carbocycles. The van der Waals surface area contributed by atoms with Gasteiger partial charge in [0.05, 0.1) is 19.9 Å². The quantitative estimate of drug-likeness (QED) is 0.645. The number of methoxy groups -OCH3 is 1. The van der Waals surface area contributed by atoms with Crippen LogP contribution in [-0.2, 0) is 13.0 Å². The van der Waals surface area contributed by atoms with Crippen LogP contribution >= 0.6 is 0 Å². The van der Waals surface area contributed by atoms with Crippen LogP contribution in [0.15, 0.2) is 67.0 Å². The van der Waals surface area contributed by atoms with E-state index < -0.39 is 0 Å². The molecule has 0 aliphatic heterocycles. The first-order chi connectivity index (χ1) is 13.2. The molecule has 0 atom stereocenters. The lowest BCUT2D eigenvalue weighted by Crippen LogP contribution is -2.38. The van der Waals surface area contributed by atoms with Crippen LogP contribution in [0.4, 0.5) is 4.79 Å². The van der Waals surface area contributed by atoms with E-state index in [-0.39, 0.29) is 6.03 Å². The number of urea groups is 1. The molecule has 0 saturated carbocycles. The Morgan fingerprint density at radius 3 is 2.48 bits per heavy atom. The minimum absolute atomic E-state index is 0.168. The van der Waals surface area contributed by atoms with Crippen LogP contribution in [0.2, 0.25) is 0 Å². The summed E-state index contributed by atoms with van der Waals surface area (Å²) in [5.41, 5.74) is 3.36. The number of amides is 2. The van der Waals surface area contributed by atoms with Crippen molar-refractivity contribution in [3.63, 3.8) is 0 Å². The Hall–Kier alpha value is -3.28. The Bertz CT molecular complexity index is 844. The first kappa shape index (κ1) is 18.5. The highest BCUT2D eigenvalue weighted by Gasteiger charge is 2.03. The number of carbonyl (C=O) groups is 1. The lowest BCUT2D eigenvalue weighted by Gasteiger charge is -2.08. The van der Waals surface area contributed by atoms with Crippen LogP contribution in [0.3, 0.4) is 0 Å². The van der Waals surface area contributed by atoms with E-state index in [4.69, 9.17) is 4.74 Å². The van der Waals surface area contributed by atoms with Gasteiger partial charge in [0.2, 0.25) is 0 Å². The lowest BCUT2D eigenvalue weighted by atomic mass is 10.1. The smallest absolute Gasteiger partial charge is 0.314 e. The second-order valence-corrected chi connectivity index (χ2v) is 6.14. The van der Waals surface area contributed by atoms with Crippen molar-refractivity contribution in [3.8, 4) is 16.9 Å². The summed E-state index contributed by atoms with van der Waals surface area (Å²) in [4.78, 5) is 11.9. The van der Waals surface area contributed by atoms with Gasteiger partial charge in [-0.2, -0.15) is 5.10 Å². The van der Waals surface area contributed by atoms with Gasteiger partial charge in [0, 0.05) is 24.8 Å². The molecule has 0 bridgehead atoms. The molecule has 0 unspecified atom stereocenters. The highest BCUT2D eigenvalue weighted by atomic mass is 16.5. The van der Waals surface area contributed by atoms with Gasteiger partial charge in [0.25, 0.3) is 0 Å². The molecule has 2 N–H and O–H groups in total. The van der Waals surface area contributed by atoms with Gasteiger partial charge in [-0.05, 0) is 29.7 Å². The van der Waals surface area contributed by atoms with Crippen LogP contribution in [0, 0.1) is 0 Å². The number of hydrogen-bond donors (Lipinski definition) is 2. The topological polar surface area (TPSA) is 68.2 Å². The minimum Gasteiger partial charge on any atom is -0.497 e. The monoisotopic (exact) mass is 364 g/mol. The van der Waals surface area contributed by atoms with Gasteiger partial charge in [-0.25, -0.2) is 4.79 Å². The van der Waals surface area contributed by atoms with Crippen LogP contribution in [-0.4, -0.2) is 36.0 Å². The zero-order valence-electron chi connectivity index (χ0n) is 15.4. The Kier molecular flexibility index (Phi) is 6.46. The predicted octanol–water partition coefficient (Wildman–Crippen LogP) is 3.10. The molecule has 0 fully saturated rings. The molecule has 6 nitrogen and oxygen atoms in total. The maximum absolute atomic E-state index is 11.9. The molecule has 3 aromatic rings. The van der Waals surface area contributed by atoms with Crippen LogP contribution < -0.4 is 15.4 Å². The molecule has 1 heterocycles. The number of rotatable bonds is 8. The lowest BCUT2D eigenvalue weighted by molar-refractivity contribution is 0.240. The molecule has 0 aliphatic rings. The third-order valence-corrected chi connectivity index (χ3v) is 4.23. The Balaban J connectivity index is 1.35. The maximum Gasteiger partial charge on any atom is 0.314 e. The van der Waals surface area contributed by atoms with Crippen molar-refractivity contribution >= 4 is 6.03 Å². The number of benzene rings is 2. The van der Waals surface area contributed by atoms with Crippen LogP contribution in [0.1, 0.15) is 5.56 Å². The number of aromatic nitrogens is 2. The summed E-state index contributed by atoms with van der Waals surface area (Å²) >= 11 is 0. The summed E-state index contributed by atoms with van der Waals surface area (Å²) in [5, 5.41) is 10.1. The van der Waals surface area contributed by atoms with E-state index in [1.807, 2.05) is 59.5 Å². The van der Waals surface area contributed by atoms with E-state index in [2.05, 4.69) is 27.9 Å². The molecule has 0 spiro atoms. The number of ether oxygens (including phenoxy) is 1. The zero-order chi connectivity index (χ0) is 18.9. The summed E-state index contributed by atoms with van der Waals surface area (Å²) in [6.07, 6.45) is 4.60. The van der Waals surface area contributed by atoms with E-state index >= 15 is 0 Å². The Morgan fingerprint density at radius 1 is 1.00 bits per heavy atom. The maximum atomic E-state index is 11.9. The third-order valence-electron chi connectivity index (χ3n) is 4.23. The SMILES string of the molecule is COc1ccc(CCNC(=O)NCCn2cc(-c3ccccc3)cn2)cc1. The summed E-state index contributed by atoms with van der Waals surface area (Å²) in [5.74, 6) is 0.832. The van der Waals surface area contributed by atoms with Gasteiger partial charge in [0.15, 0.2) is 0 Å². The molecular formula is C21H24N4O2. The highest BCUT2D eigenvalue weighted by Crippen LogP contribution is 2.17. The average molecular weight is 364 g/mol. The van der Waals surface area contributed by atoms with Crippen molar-refractivity contribution in [2.45, 2.75) is 13.0 Å². The van der Waals surface area contributed by atoms with Crippen LogP contribution in [0.5, 0.6) is 5.75 Å². The summed E-state index contributed by atoms with van der Waals surface area (Å²) in [6, 6.07) is 17.8. The molecule has 0 radical (unpaired) electrons. The van der Waals surface area contributed by atoms with E-state index in [9.17, 15) is 4.79 Å². The molecule has 140 valence electrons. The van der Waals surface area contributed by atoms with E-state index in [1.54, 1.807) is 7.11 Å². The predicted molar refractivity (Wildman–Crippen MR) is 106 cm³/mol. The largest absolute Gasteiger partial charge is 0.497 e. The molecule has 2 aromatic carbocycles. The van der Waals surface area contributed by atoms with Gasteiger partial charge >= 0.3 is 6.03 Å². The molecule has 1 aromatic heterocycles. The number of nitrogens with one attached hydrogen (secondary N) is 2. The third kappa shape index (κ3) is 5.60. The van der Waals surface area contributed by atoms with Crippen molar-refractivity contribution in [1.82, 2.24) is 20.4 Å². The Labute approximate surface area is 159 Å². The zero-order valence-corrected chi connectivity index (χ0v) is 15.4. The van der Waals surface area contributed by atoms with Gasteiger partial charge in [-0.3, -0.25) is 4.68 Å². The van der Waals surface area contributed by atoms with Crippen molar-refractivity contribution in [1.29, 1.82) is 0 Å². The molecule has 0 saturated heterocycles. The minimum atomic E-state index is -0.168. The fourth-order valence-corrected chi connectivity index (χ4v) is 2.72. The standard InChI is InChI=1S/C21H24N4O2/c1-27-20-9-7-17(8-10-20)11-12-22-21(26)23-13-14-25-16-19(15-24-25)18-5-3-2-4-6-18/h2-10,15-16H,11-14H2,1H3,(H2,22,23,26). The van der Waals surface area contributed by atoms with Gasteiger partial charge in [-0.1, -0.05) is 42.5 Å². The van der Waals surface area contributed by atoms with Gasteiger partial charge in [0.1, 0.15) is 5.75 Å². The molecule has 6 heteroatoms. The summed E-state index contributed by atoms with van der Waals surface area (Å²) < 4.78 is 6.97. The second kappa shape index (κ2) is 9.43. The van der Waals surface area contributed by atoms with Crippen LogP contribution in [0.25, 0.3) is 11.1 Å². The normalized spacial score (nSPS) is 10.4. The fraction of sp³-hybridized carbons (Fsp3) is 0.238. The van der Waals surface area contributed by atoms with Gasteiger partial charge < -0.3 is 15.4 Å². The van der Waals surface area contributed by atoms with Crippen molar-refractivity contribution in [2.75, 3.05) is 20.2 Å². The first-order valence-corrected chi connectivity index (χ1v) is 8.97. The average Bonchev–Trinajstić information content (AvgIpc) is 3.18. The van der Waals surface area contributed by atoms with E-state index in [0.717, 1.165) is 28.9 Å². The number of nitrogens with zero attached hydrogens (tertiary/aromatic N) is 2. The first-order valence-electron chi connectivity index (χ1n) is 8.97. The van der Waals surface area contributed by atoms with Crippen molar-refractivity contribution in [2.24, 2.45) is 0 Å². The molecule has 3 rings (SSSR count). The number of hydrogen-bond acceptors (Lipinski definition) is 3. The van der Waals surface area contributed by atoms with Crippen molar-refractivity contribution < 1.29 is 9.53 Å². The second-order valence-electron chi connectivity index (χ2n) is 6.14.